The molecule has 1 aromatic rings. The number of anilines is 2. The first kappa shape index (κ1) is 13.7. The first-order valence-corrected chi connectivity index (χ1v) is 6.72. The monoisotopic (exact) mass is 262 g/mol. The van der Waals surface area contributed by atoms with Crippen molar-refractivity contribution in [1.82, 2.24) is 0 Å². The summed E-state index contributed by atoms with van der Waals surface area (Å²) in [5.74, 6) is 1.19. The molecule has 1 amide bonds. The average molecular weight is 262 g/mol. The van der Waals surface area contributed by atoms with Crippen molar-refractivity contribution in [3.63, 3.8) is 0 Å². The summed E-state index contributed by atoms with van der Waals surface area (Å²) in [6.45, 7) is 8.55. The Morgan fingerprint density at radius 1 is 1.37 bits per heavy atom. The lowest BCUT2D eigenvalue weighted by Crippen LogP contribution is -2.53. The number of hydrogen-bond donors (Lipinski definition) is 1. The van der Waals surface area contributed by atoms with Crippen LogP contribution in [-0.4, -0.2) is 18.1 Å². The van der Waals surface area contributed by atoms with Crippen molar-refractivity contribution in [2.24, 2.45) is 5.92 Å². The van der Waals surface area contributed by atoms with E-state index in [1.54, 1.807) is 24.8 Å². The van der Waals surface area contributed by atoms with Crippen LogP contribution in [0.2, 0.25) is 0 Å². The molecule has 4 nitrogen and oxygen atoms in total. The Bertz CT molecular complexity index is 495. The molecule has 0 saturated carbocycles. The van der Waals surface area contributed by atoms with Crippen molar-refractivity contribution in [3.8, 4) is 5.75 Å². The minimum Gasteiger partial charge on any atom is -0.476 e. The molecule has 1 aromatic carbocycles. The highest BCUT2D eigenvalue weighted by Crippen LogP contribution is 2.41. The Hall–Kier alpha value is -1.71. The van der Waals surface area contributed by atoms with Gasteiger partial charge in [-0.05, 0) is 38.3 Å². The highest BCUT2D eigenvalue weighted by Gasteiger charge is 2.41. The number of nitrogens with two attached hydrogens (primary N) is 1. The topological polar surface area (TPSA) is 55.6 Å². The van der Waals surface area contributed by atoms with Gasteiger partial charge in [-0.25, -0.2) is 0 Å². The van der Waals surface area contributed by atoms with E-state index in [-0.39, 0.29) is 5.91 Å². The Kier molecular flexibility index (Phi) is 3.43. The van der Waals surface area contributed by atoms with Crippen LogP contribution in [0.15, 0.2) is 18.2 Å². The Labute approximate surface area is 114 Å². The van der Waals surface area contributed by atoms with Crippen LogP contribution >= 0.6 is 0 Å². The largest absolute Gasteiger partial charge is 0.476 e. The van der Waals surface area contributed by atoms with Crippen LogP contribution in [0.1, 0.15) is 34.1 Å². The second-order valence-corrected chi connectivity index (χ2v) is 5.95. The molecule has 2 rings (SSSR count). The van der Waals surface area contributed by atoms with E-state index in [1.807, 2.05) is 12.1 Å². The molecule has 0 atom stereocenters. The van der Waals surface area contributed by atoms with Gasteiger partial charge in [0, 0.05) is 6.54 Å². The number of benzene rings is 1. The smallest absolute Gasteiger partial charge is 0.270 e. The Morgan fingerprint density at radius 2 is 2.05 bits per heavy atom. The number of ether oxygens (including phenoxy) is 1. The third-order valence-corrected chi connectivity index (χ3v) is 3.36. The summed E-state index contributed by atoms with van der Waals surface area (Å²) in [5, 5.41) is 0. The van der Waals surface area contributed by atoms with Gasteiger partial charge in [0.2, 0.25) is 0 Å². The number of nitrogen functional groups attached to an aromatic ring is 1. The van der Waals surface area contributed by atoms with Crippen LogP contribution in [0.5, 0.6) is 5.75 Å². The van der Waals surface area contributed by atoms with Gasteiger partial charge in [-0.3, -0.25) is 4.79 Å². The van der Waals surface area contributed by atoms with Gasteiger partial charge in [0.25, 0.3) is 5.91 Å². The summed E-state index contributed by atoms with van der Waals surface area (Å²) in [4.78, 5) is 14.3. The third kappa shape index (κ3) is 2.53. The minimum atomic E-state index is -0.836. The fourth-order valence-electron chi connectivity index (χ4n) is 2.26. The number of hydrogen-bond acceptors (Lipinski definition) is 3. The lowest BCUT2D eigenvalue weighted by Gasteiger charge is -2.39. The van der Waals surface area contributed by atoms with Gasteiger partial charge in [0.1, 0.15) is 11.4 Å². The zero-order valence-electron chi connectivity index (χ0n) is 12.1. The lowest BCUT2D eigenvalue weighted by atomic mass is 10.0. The van der Waals surface area contributed by atoms with Gasteiger partial charge in [-0.15, -0.1) is 0 Å². The van der Waals surface area contributed by atoms with Gasteiger partial charge >= 0.3 is 0 Å². The summed E-state index contributed by atoms with van der Waals surface area (Å²) in [5.41, 5.74) is 6.48. The molecule has 0 aromatic heterocycles. The molecule has 0 radical (unpaired) electrons. The number of para-hydroxylation sites is 1. The van der Waals surface area contributed by atoms with E-state index < -0.39 is 5.60 Å². The molecule has 0 saturated heterocycles. The quantitative estimate of drug-likeness (QED) is 0.852. The Balaban J connectivity index is 2.42. The molecule has 1 aliphatic rings. The second-order valence-electron chi connectivity index (χ2n) is 5.95. The summed E-state index contributed by atoms with van der Waals surface area (Å²) in [7, 11) is 0. The number of amides is 1. The second kappa shape index (κ2) is 4.76. The molecule has 104 valence electrons. The molecule has 4 heteroatoms. The fraction of sp³-hybridized carbons (Fsp3) is 0.533. The van der Waals surface area contributed by atoms with Gasteiger partial charge < -0.3 is 15.4 Å². The van der Waals surface area contributed by atoms with E-state index >= 15 is 0 Å². The summed E-state index contributed by atoms with van der Waals surface area (Å²) in [6, 6.07) is 5.51. The zero-order chi connectivity index (χ0) is 14.2. The average Bonchev–Trinajstić information content (AvgIpc) is 2.30. The highest BCUT2D eigenvalue weighted by atomic mass is 16.5. The minimum absolute atomic E-state index is 0.0291. The van der Waals surface area contributed by atoms with E-state index in [0.29, 0.717) is 29.6 Å². The van der Waals surface area contributed by atoms with Gasteiger partial charge in [-0.2, -0.15) is 0 Å². The maximum absolute atomic E-state index is 12.5. The molecule has 19 heavy (non-hydrogen) atoms. The van der Waals surface area contributed by atoms with Crippen molar-refractivity contribution in [2.45, 2.75) is 39.7 Å². The zero-order valence-corrected chi connectivity index (χ0v) is 12.1. The summed E-state index contributed by atoms with van der Waals surface area (Å²) in [6.07, 6.45) is 0.940. The van der Waals surface area contributed by atoms with Crippen molar-refractivity contribution in [3.05, 3.63) is 18.2 Å². The predicted octanol–water partition coefficient (Wildman–Crippen LogP) is 2.82. The van der Waals surface area contributed by atoms with E-state index in [9.17, 15) is 4.79 Å². The summed E-state index contributed by atoms with van der Waals surface area (Å²) >= 11 is 0. The van der Waals surface area contributed by atoms with Crippen molar-refractivity contribution in [1.29, 1.82) is 0 Å². The molecular formula is C15H22N2O2. The molecule has 0 aliphatic carbocycles. The molecular weight excluding hydrogens is 240 g/mol. The standard InChI is InChI=1S/C15H22N2O2/c1-10(2)8-9-17-13-11(16)6-5-7-12(13)19-15(3,4)14(17)18/h5-7,10H,8-9,16H2,1-4H3. The van der Waals surface area contributed by atoms with Crippen molar-refractivity contribution >= 4 is 17.3 Å². The lowest BCUT2D eigenvalue weighted by molar-refractivity contribution is -0.132. The number of fused-ring (bicyclic) bond motifs is 1. The van der Waals surface area contributed by atoms with Crippen LogP contribution in [0.4, 0.5) is 11.4 Å². The first-order valence-electron chi connectivity index (χ1n) is 6.72. The molecule has 2 N–H and O–H groups in total. The number of rotatable bonds is 3. The number of carbonyl (C=O) groups is 1. The highest BCUT2D eigenvalue weighted by molar-refractivity contribution is 6.04. The first-order chi connectivity index (χ1) is 8.83. The fourth-order valence-corrected chi connectivity index (χ4v) is 2.26. The van der Waals surface area contributed by atoms with Crippen LogP contribution in [0.25, 0.3) is 0 Å². The molecule has 1 heterocycles. The van der Waals surface area contributed by atoms with Crippen molar-refractivity contribution < 1.29 is 9.53 Å². The predicted molar refractivity (Wildman–Crippen MR) is 77.4 cm³/mol. The van der Waals surface area contributed by atoms with Crippen molar-refractivity contribution in [2.75, 3.05) is 17.2 Å². The SMILES string of the molecule is CC(C)CCN1C(=O)C(C)(C)Oc2cccc(N)c21. The molecule has 0 bridgehead atoms. The molecule has 1 aliphatic heterocycles. The third-order valence-electron chi connectivity index (χ3n) is 3.36. The number of carbonyl (C=O) groups excluding carboxylic acids is 1. The normalized spacial score (nSPS) is 17.3. The number of nitrogens with zero attached hydrogens (tertiary/aromatic N) is 1. The molecule has 0 spiro atoms. The molecule has 0 unspecified atom stereocenters. The van der Waals surface area contributed by atoms with Crippen LogP contribution in [0, 0.1) is 5.92 Å². The van der Waals surface area contributed by atoms with Gasteiger partial charge in [0.15, 0.2) is 5.60 Å². The van der Waals surface area contributed by atoms with E-state index in [0.717, 1.165) is 6.42 Å². The van der Waals surface area contributed by atoms with Gasteiger partial charge in [0.05, 0.1) is 5.69 Å². The van der Waals surface area contributed by atoms with E-state index in [4.69, 9.17) is 10.5 Å². The van der Waals surface area contributed by atoms with E-state index in [1.165, 1.54) is 0 Å². The maximum atomic E-state index is 12.5. The maximum Gasteiger partial charge on any atom is 0.270 e. The van der Waals surface area contributed by atoms with Gasteiger partial charge in [-0.1, -0.05) is 19.9 Å². The van der Waals surface area contributed by atoms with Crippen LogP contribution in [0.3, 0.4) is 0 Å². The summed E-state index contributed by atoms with van der Waals surface area (Å²) < 4.78 is 5.78. The van der Waals surface area contributed by atoms with Crippen LogP contribution in [-0.2, 0) is 4.79 Å². The Morgan fingerprint density at radius 3 is 2.68 bits per heavy atom. The molecule has 0 fully saturated rings. The van der Waals surface area contributed by atoms with Crippen LogP contribution < -0.4 is 15.4 Å². The van der Waals surface area contributed by atoms with E-state index in [2.05, 4.69) is 13.8 Å².